The van der Waals surface area contributed by atoms with E-state index in [9.17, 15) is 4.79 Å². The molecule has 2 aliphatic rings. The molecule has 0 N–H and O–H groups in total. The normalized spacial score (nSPS) is 19.4. The van der Waals surface area contributed by atoms with Crippen LogP contribution < -0.4 is 4.90 Å². The number of ketones is 1. The van der Waals surface area contributed by atoms with Crippen LogP contribution in [0.1, 0.15) is 18.4 Å². The molecule has 0 saturated heterocycles. The van der Waals surface area contributed by atoms with Crippen LogP contribution >= 0.6 is 22.6 Å². The fourth-order valence-electron chi connectivity index (χ4n) is 2.82. The van der Waals surface area contributed by atoms with Crippen molar-refractivity contribution >= 4 is 39.6 Å². The molecule has 0 unspecified atom stereocenters. The number of anilines is 1. The Bertz CT molecular complexity index is 768. The molecule has 1 aliphatic heterocycles. The van der Waals surface area contributed by atoms with Gasteiger partial charge in [0.25, 0.3) is 0 Å². The van der Waals surface area contributed by atoms with Crippen molar-refractivity contribution in [3.05, 3.63) is 84.1 Å². The van der Waals surface area contributed by atoms with Gasteiger partial charge in [-0.1, -0.05) is 71.2 Å². The van der Waals surface area contributed by atoms with E-state index in [1.165, 1.54) is 28.5 Å². The molecule has 0 saturated carbocycles. The van der Waals surface area contributed by atoms with Gasteiger partial charge in [0.2, 0.25) is 0 Å². The first-order valence-electron chi connectivity index (χ1n) is 8.21. The van der Waals surface area contributed by atoms with Crippen LogP contribution in [0, 0.1) is 0 Å². The van der Waals surface area contributed by atoms with Crippen molar-refractivity contribution in [1.82, 2.24) is 0 Å². The van der Waals surface area contributed by atoms with E-state index in [0.717, 1.165) is 17.7 Å². The number of carbonyl (C=O) groups excluding carboxylic acids is 1. The van der Waals surface area contributed by atoms with Gasteiger partial charge in [-0.3, -0.25) is 4.79 Å². The van der Waals surface area contributed by atoms with E-state index in [1.54, 1.807) is 12.2 Å². The van der Waals surface area contributed by atoms with Gasteiger partial charge >= 0.3 is 0 Å². The Morgan fingerprint density at radius 3 is 2.58 bits per heavy atom. The summed E-state index contributed by atoms with van der Waals surface area (Å²) in [5.41, 5.74) is 4.32. The first kappa shape index (κ1) is 17.0. The van der Waals surface area contributed by atoms with Crippen LogP contribution in [0.4, 0.5) is 5.69 Å². The lowest BCUT2D eigenvalue weighted by molar-refractivity contribution is -0.111. The number of nitrogens with zero attached hydrogens (tertiary/aromatic N) is 1. The Morgan fingerprint density at radius 2 is 1.75 bits per heavy atom. The SMILES string of the molecule is O=C1C=CC=C/C1=C/C=C1\C=CN(CCCCI)c2ccccc21. The number of halogens is 1. The van der Waals surface area contributed by atoms with Crippen LogP contribution in [0.5, 0.6) is 0 Å². The van der Waals surface area contributed by atoms with Crippen molar-refractivity contribution in [2.75, 3.05) is 15.9 Å². The fraction of sp³-hybridized carbons (Fsp3) is 0.190. The van der Waals surface area contributed by atoms with Crippen molar-refractivity contribution < 1.29 is 4.79 Å². The molecule has 0 amide bonds. The quantitative estimate of drug-likeness (QED) is 0.276. The van der Waals surface area contributed by atoms with Gasteiger partial charge in [0.15, 0.2) is 5.78 Å². The largest absolute Gasteiger partial charge is 0.347 e. The average Bonchev–Trinajstić information content (AvgIpc) is 2.62. The summed E-state index contributed by atoms with van der Waals surface area (Å²) in [4.78, 5) is 14.2. The summed E-state index contributed by atoms with van der Waals surface area (Å²) in [5, 5.41) is 0. The van der Waals surface area contributed by atoms with Crippen molar-refractivity contribution in [3.8, 4) is 0 Å². The summed E-state index contributed by atoms with van der Waals surface area (Å²) in [7, 11) is 0. The summed E-state index contributed by atoms with van der Waals surface area (Å²) in [6, 6.07) is 8.46. The predicted octanol–water partition coefficient (Wildman–Crippen LogP) is 5.24. The van der Waals surface area contributed by atoms with E-state index < -0.39 is 0 Å². The van der Waals surface area contributed by atoms with Crippen molar-refractivity contribution in [3.63, 3.8) is 0 Å². The number of alkyl halides is 1. The standard InChI is InChI=1S/C21H20INO/c22-14-5-6-15-23-16-13-17(19-8-2-3-9-20(19)23)11-12-18-7-1-4-10-21(18)24/h1-4,7-13,16H,5-6,14-15H2/b17-11+,18-12-. The molecule has 0 atom stereocenters. The Morgan fingerprint density at radius 1 is 0.958 bits per heavy atom. The maximum Gasteiger partial charge on any atom is 0.185 e. The van der Waals surface area contributed by atoms with Gasteiger partial charge in [0, 0.05) is 29.6 Å². The Balaban J connectivity index is 1.86. The lowest BCUT2D eigenvalue weighted by atomic mass is 9.98. The predicted molar refractivity (Wildman–Crippen MR) is 110 cm³/mol. The number of allylic oxidation sites excluding steroid dienone is 9. The molecular formula is C21H20INO. The lowest BCUT2D eigenvalue weighted by Gasteiger charge is -2.27. The van der Waals surface area contributed by atoms with Gasteiger partial charge in [-0.15, -0.1) is 0 Å². The van der Waals surface area contributed by atoms with Gasteiger partial charge in [-0.2, -0.15) is 0 Å². The smallest absolute Gasteiger partial charge is 0.185 e. The van der Waals surface area contributed by atoms with E-state index in [0.29, 0.717) is 0 Å². The number of carbonyl (C=O) groups is 1. The number of hydrogen-bond acceptors (Lipinski definition) is 2. The molecule has 24 heavy (non-hydrogen) atoms. The molecule has 1 aromatic carbocycles. The third-order valence-corrected chi connectivity index (χ3v) is 4.87. The van der Waals surface area contributed by atoms with Gasteiger partial charge in [-0.05, 0) is 41.1 Å². The summed E-state index contributed by atoms with van der Waals surface area (Å²) < 4.78 is 1.20. The van der Waals surface area contributed by atoms with Crippen LogP contribution in [0.3, 0.4) is 0 Å². The van der Waals surface area contributed by atoms with E-state index >= 15 is 0 Å². The molecule has 1 aromatic rings. The van der Waals surface area contributed by atoms with Crippen LogP contribution in [0.2, 0.25) is 0 Å². The van der Waals surface area contributed by atoms with E-state index in [-0.39, 0.29) is 5.78 Å². The third kappa shape index (κ3) is 3.96. The van der Waals surface area contributed by atoms with Gasteiger partial charge in [0.1, 0.15) is 0 Å². The minimum atomic E-state index is 0.0582. The van der Waals surface area contributed by atoms with Gasteiger partial charge < -0.3 is 4.90 Å². The number of para-hydroxylation sites is 1. The van der Waals surface area contributed by atoms with Crippen LogP contribution in [0.15, 0.2) is 78.6 Å². The molecule has 3 rings (SSSR count). The molecule has 2 nitrogen and oxygen atoms in total. The van der Waals surface area contributed by atoms with Crippen molar-refractivity contribution in [2.24, 2.45) is 0 Å². The molecule has 3 heteroatoms. The van der Waals surface area contributed by atoms with E-state index in [4.69, 9.17) is 0 Å². The van der Waals surface area contributed by atoms with Gasteiger partial charge in [-0.25, -0.2) is 0 Å². The first-order chi connectivity index (χ1) is 11.8. The highest BCUT2D eigenvalue weighted by Crippen LogP contribution is 2.33. The summed E-state index contributed by atoms with van der Waals surface area (Å²) >= 11 is 2.43. The zero-order chi connectivity index (χ0) is 16.8. The topological polar surface area (TPSA) is 20.3 Å². The summed E-state index contributed by atoms with van der Waals surface area (Å²) in [5.74, 6) is 0.0582. The maximum absolute atomic E-state index is 11.8. The first-order valence-corrected chi connectivity index (χ1v) is 9.73. The van der Waals surface area contributed by atoms with E-state index in [1.807, 2.05) is 24.3 Å². The molecular weight excluding hydrogens is 409 g/mol. The molecule has 0 bridgehead atoms. The second-order valence-electron chi connectivity index (χ2n) is 5.75. The maximum atomic E-state index is 11.8. The van der Waals surface area contributed by atoms with Crippen molar-refractivity contribution in [1.29, 1.82) is 0 Å². The Kier molecular flexibility index (Phi) is 5.86. The molecule has 1 heterocycles. The summed E-state index contributed by atoms with van der Waals surface area (Å²) in [6.45, 7) is 1.04. The fourth-order valence-corrected chi connectivity index (χ4v) is 3.36. The van der Waals surface area contributed by atoms with E-state index in [2.05, 4.69) is 64.0 Å². The molecule has 0 aromatic heterocycles. The second-order valence-corrected chi connectivity index (χ2v) is 6.83. The minimum absolute atomic E-state index is 0.0582. The molecule has 0 fully saturated rings. The number of fused-ring (bicyclic) bond motifs is 1. The lowest BCUT2D eigenvalue weighted by Crippen LogP contribution is -2.21. The Hall–Kier alpha value is -1.88. The Labute approximate surface area is 157 Å². The van der Waals surface area contributed by atoms with Gasteiger partial charge in [0.05, 0.1) is 0 Å². The van der Waals surface area contributed by atoms with Crippen LogP contribution in [-0.2, 0) is 4.79 Å². The van der Waals surface area contributed by atoms with Crippen molar-refractivity contribution in [2.45, 2.75) is 12.8 Å². The zero-order valence-corrected chi connectivity index (χ0v) is 15.6. The summed E-state index contributed by atoms with van der Waals surface area (Å²) in [6.07, 6.45) is 17.8. The molecule has 0 spiro atoms. The highest BCUT2D eigenvalue weighted by molar-refractivity contribution is 14.1. The average molecular weight is 429 g/mol. The minimum Gasteiger partial charge on any atom is -0.347 e. The second kappa shape index (κ2) is 8.29. The number of rotatable bonds is 5. The monoisotopic (exact) mass is 429 g/mol. The highest BCUT2D eigenvalue weighted by atomic mass is 127. The van der Waals surface area contributed by atoms with Crippen LogP contribution in [0.25, 0.3) is 5.57 Å². The zero-order valence-electron chi connectivity index (χ0n) is 13.5. The number of benzene rings is 1. The molecule has 122 valence electrons. The third-order valence-electron chi connectivity index (χ3n) is 4.10. The molecule has 0 radical (unpaired) electrons. The number of hydrogen-bond donors (Lipinski definition) is 0. The highest BCUT2D eigenvalue weighted by Gasteiger charge is 2.15. The molecule has 1 aliphatic carbocycles. The van der Waals surface area contributed by atoms with Crippen LogP contribution in [-0.4, -0.2) is 16.8 Å². The number of unbranched alkanes of at least 4 members (excludes halogenated alkanes) is 1.